The van der Waals surface area contributed by atoms with Gasteiger partial charge in [0.15, 0.2) is 0 Å². The lowest BCUT2D eigenvalue weighted by Crippen LogP contribution is -2.27. The first-order valence-corrected chi connectivity index (χ1v) is 8.83. The van der Waals surface area contributed by atoms with Crippen molar-refractivity contribution < 1.29 is 9.32 Å². The second-order valence-electron chi connectivity index (χ2n) is 5.64. The molecule has 0 aliphatic rings. The number of rotatable bonds is 7. The van der Waals surface area contributed by atoms with Gasteiger partial charge in [0.05, 0.1) is 0 Å². The molecule has 1 aromatic carbocycles. The normalized spacial score (nSPS) is 12.0. The zero-order chi connectivity index (χ0) is 16.8. The number of benzene rings is 1. The van der Waals surface area contributed by atoms with Crippen molar-refractivity contribution in [3.63, 3.8) is 0 Å². The maximum absolute atomic E-state index is 12.0. The van der Waals surface area contributed by atoms with Crippen molar-refractivity contribution in [1.82, 2.24) is 15.5 Å². The molecule has 0 saturated heterocycles. The minimum atomic E-state index is -0.00642. The number of aryl methyl sites for hydroxylation is 1. The Balaban J connectivity index is 1.44. The molecule has 2 aromatic heterocycles. The van der Waals surface area contributed by atoms with Crippen molar-refractivity contribution in [3.8, 4) is 11.4 Å². The fourth-order valence-electron chi connectivity index (χ4n) is 2.34. The fourth-order valence-corrected chi connectivity index (χ4v) is 2.97. The summed E-state index contributed by atoms with van der Waals surface area (Å²) >= 11 is 1.58. The summed E-state index contributed by atoms with van der Waals surface area (Å²) in [6.45, 7) is 2.72. The van der Waals surface area contributed by atoms with Gasteiger partial charge < -0.3 is 9.84 Å². The number of nitrogens with one attached hydrogen (secondary N) is 1. The van der Waals surface area contributed by atoms with E-state index in [1.165, 1.54) is 5.56 Å². The fraction of sp³-hybridized carbons (Fsp3) is 0.278. The van der Waals surface area contributed by atoms with Gasteiger partial charge in [-0.2, -0.15) is 16.3 Å². The molecule has 6 heteroatoms. The van der Waals surface area contributed by atoms with Crippen molar-refractivity contribution in [3.05, 3.63) is 58.6 Å². The molecule has 5 nitrogen and oxygen atoms in total. The Labute approximate surface area is 144 Å². The molecule has 0 radical (unpaired) electrons. The van der Waals surface area contributed by atoms with Crippen LogP contribution in [0.2, 0.25) is 0 Å². The number of amides is 1. The van der Waals surface area contributed by atoms with Gasteiger partial charge in [0.2, 0.25) is 17.6 Å². The number of carbonyl (C=O) groups is 1. The Kier molecular flexibility index (Phi) is 5.38. The van der Waals surface area contributed by atoms with Gasteiger partial charge in [-0.3, -0.25) is 4.79 Å². The van der Waals surface area contributed by atoms with Gasteiger partial charge >= 0.3 is 0 Å². The highest BCUT2D eigenvalue weighted by Crippen LogP contribution is 2.19. The molecule has 24 heavy (non-hydrogen) atoms. The first-order chi connectivity index (χ1) is 11.7. The summed E-state index contributed by atoms with van der Waals surface area (Å²) in [4.78, 5) is 16.3. The van der Waals surface area contributed by atoms with Crippen LogP contribution in [-0.4, -0.2) is 22.6 Å². The van der Waals surface area contributed by atoms with E-state index < -0.39 is 0 Å². The highest BCUT2D eigenvalue weighted by Gasteiger charge is 2.12. The van der Waals surface area contributed by atoms with Crippen LogP contribution in [0.3, 0.4) is 0 Å². The molecule has 0 spiro atoms. The smallest absolute Gasteiger partial charge is 0.227 e. The van der Waals surface area contributed by atoms with Crippen molar-refractivity contribution in [2.45, 2.75) is 25.7 Å². The number of nitrogens with zero attached hydrogens (tertiary/aromatic N) is 2. The van der Waals surface area contributed by atoms with E-state index in [2.05, 4.69) is 34.5 Å². The average molecular weight is 341 g/mol. The molecular formula is C18H19N3O2S. The Bertz CT molecular complexity index is 769. The largest absolute Gasteiger partial charge is 0.355 e. The number of carbonyl (C=O) groups excluding carboxylic acids is 1. The molecule has 0 aliphatic carbocycles. The van der Waals surface area contributed by atoms with Gasteiger partial charge in [0.1, 0.15) is 0 Å². The maximum Gasteiger partial charge on any atom is 0.227 e. The van der Waals surface area contributed by atoms with Crippen LogP contribution in [0.25, 0.3) is 11.4 Å². The third-order valence-corrected chi connectivity index (χ3v) is 4.47. The van der Waals surface area contributed by atoms with Crippen LogP contribution in [0.1, 0.15) is 30.7 Å². The second kappa shape index (κ2) is 7.88. The Morgan fingerprint density at radius 3 is 2.88 bits per heavy atom. The SMILES string of the molecule is CC(CNC(=O)CCc1nc(-c2ccsc2)no1)c1ccccc1. The van der Waals surface area contributed by atoms with E-state index in [4.69, 9.17) is 4.52 Å². The molecule has 3 rings (SSSR count). The van der Waals surface area contributed by atoms with E-state index in [0.29, 0.717) is 31.1 Å². The highest BCUT2D eigenvalue weighted by atomic mass is 32.1. The van der Waals surface area contributed by atoms with Gasteiger partial charge in [-0.15, -0.1) is 0 Å². The molecule has 1 atom stereocenters. The van der Waals surface area contributed by atoms with E-state index >= 15 is 0 Å². The lowest BCUT2D eigenvalue weighted by molar-refractivity contribution is -0.121. The van der Waals surface area contributed by atoms with Crippen LogP contribution in [0.4, 0.5) is 0 Å². The van der Waals surface area contributed by atoms with Crippen LogP contribution >= 0.6 is 11.3 Å². The van der Waals surface area contributed by atoms with Gasteiger partial charge in [-0.05, 0) is 22.9 Å². The van der Waals surface area contributed by atoms with E-state index in [-0.39, 0.29) is 11.8 Å². The van der Waals surface area contributed by atoms with Crippen molar-refractivity contribution in [1.29, 1.82) is 0 Å². The number of aromatic nitrogens is 2. The number of thiophene rings is 1. The molecule has 0 aliphatic heterocycles. The molecule has 1 N–H and O–H groups in total. The quantitative estimate of drug-likeness (QED) is 0.712. The summed E-state index contributed by atoms with van der Waals surface area (Å²) in [6.07, 6.45) is 0.787. The number of hydrogen-bond acceptors (Lipinski definition) is 5. The lowest BCUT2D eigenvalue weighted by Gasteiger charge is -2.12. The summed E-state index contributed by atoms with van der Waals surface area (Å²) in [5.41, 5.74) is 2.16. The van der Waals surface area contributed by atoms with E-state index in [9.17, 15) is 4.79 Å². The monoisotopic (exact) mass is 341 g/mol. The minimum absolute atomic E-state index is 0.00642. The zero-order valence-corrected chi connectivity index (χ0v) is 14.3. The van der Waals surface area contributed by atoms with Gasteiger partial charge in [0, 0.05) is 30.3 Å². The first-order valence-electron chi connectivity index (χ1n) is 7.89. The molecule has 3 aromatic rings. The minimum Gasteiger partial charge on any atom is -0.355 e. The van der Waals surface area contributed by atoms with Gasteiger partial charge in [-0.25, -0.2) is 0 Å². The van der Waals surface area contributed by atoms with Crippen LogP contribution in [0.15, 0.2) is 51.7 Å². The predicted octanol–water partition coefficient (Wildman–Crippen LogP) is 3.65. The van der Waals surface area contributed by atoms with E-state index in [1.807, 2.05) is 35.0 Å². The third-order valence-electron chi connectivity index (χ3n) is 3.79. The van der Waals surface area contributed by atoms with Crippen LogP contribution in [-0.2, 0) is 11.2 Å². The molecule has 1 amide bonds. The topological polar surface area (TPSA) is 68.0 Å². The molecule has 1 unspecified atom stereocenters. The molecule has 124 valence electrons. The van der Waals surface area contributed by atoms with Crippen molar-refractivity contribution >= 4 is 17.2 Å². The van der Waals surface area contributed by atoms with Crippen LogP contribution in [0, 0.1) is 0 Å². The summed E-state index contributed by atoms with van der Waals surface area (Å²) < 4.78 is 5.20. The molecule has 0 bridgehead atoms. The Morgan fingerprint density at radius 1 is 1.29 bits per heavy atom. The third kappa shape index (κ3) is 4.29. The molecule has 0 saturated carbocycles. The summed E-state index contributed by atoms with van der Waals surface area (Å²) in [7, 11) is 0. The highest BCUT2D eigenvalue weighted by molar-refractivity contribution is 7.08. The summed E-state index contributed by atoms with van der Waals surface area (Å²) in [5.74, 6) is 1.34. The van der Waals surface area contributed by atoms with Crippen LogP contribution < -0.4 is 5.32 Å². The van der Waals surface area contributed by atoms with Crippen LogP contribution in [0.5, 0.6) is 0 Å². The average Bonchev–Trinajstić information content (AvgIpc) is 3.29. The molecular weight excluding hydrogens is 322 g/mol. The molecule has 2 heterocycles. The number of hydrogen-bond donors (Lipinski definition) is 1. The maximum atomic E-state index is 12.0. The second-order valence-corrected chi connectivity index (χ2v) is 6.42. The van der Waals surface area contributed by atoms with E-state index in [0.717, 1.165) is 5.56 Å². The molecule has 0 fully saturated rings. The standard InChI is InChI=1S/C18H19N3O2S/c1-13(14-5-3-2-4-6-14)11-19-16(22)7-8-17-20-18(21-23-17)15-9-10-24-12-15/h2-6,9-10,12-13H,7-8,11H2,1H3,(H,19,22). The zero-order valence-electron chi connectivity index (χ0n) is 13.4. The summed E-state index contributed by atoms with van der Waals surface area (Å²) in [5, 5.41) is 10.8. The first kappa shape index (κ1) is 16.4. The summed E-state index contributed by atoms with van der Waals surface area (Å²) in [6, 6.07) is 12.1. The van der Waals surface area contributed by atoms with Gasteiger partial charge in [0.25, 0.3) is 0 Å². The van der Waals surface area contributed by atoms with Crippen molar-refractivity contribution in [2.24, 2.45) is 0 Å². The Morgan fingerprint density at radius 2 is 2.12 bits per heavy atom. The van der Waals surface area contributed by atoms with E-state index in [1.54, 1.807) is 11.3 Å². The van der Waals surface area contributed by atoms with Crippen molar-refractivity contribution in [2.75, 3.05) is 6.54 Å². The van der Waals surface area contributed by atoms with Gasteiger partial charge in [-0.1, -0.05) is 42.4 Å². The predicted molar refractivity (Wildman–Crippen MR) is 93.8 cm³/mol. The lowest BCUT2D eigenvalue weighted by atomic mass is 10.0. The Hall–Kier alpha value is -2.47.